The first kappa shape index (κ1) is 17.8. The van der Waals surface area contributed by atoms with Crippen molar-refractivity contribution in [2.24, 2.45) is 0 Å². The van der Waals surface area contributed by atoms with E-state index in [0.29, 0.717) is 5.56 Å². The maximum Gasteiger partial charge on any atom is 0.251 e. The fourth-order valence-corrected chi connectivity index (χ4v) is 2.42. The molecule has 0 aliphatic heterocycles. The number of anilines is 2. The zero-order chi connectivity index (χ0) is 17.5. The summed E-state index contributed by atoms with van der Waals surface area (Å²) >= 11 is 0. The Hall–Kier alpha value is -2.53. The first-order valence-electron chi connectivity index (χ1n) is 8.04. The second kappa shape index (κ2) is 8.36. The van der Waals surface area contributed by atoms with Crippen LogP contribution in [0, 0.1) is 0 Å². The van der Waals surface area contributed by atoms with Crippen LogP contribution in [0.3, 0.4) is 0 Å². The van der Waals surface area contributed by atoms with Crippen LogP contribution >= 0.6 is 0 Å². The molecule has 0 fully saturated rings. The predicted octanol–water partition coefficient (Wildman–Crippen LogP) is 2.65. The molecule has 24 heavy (non-hydrogen) atoms. The lowest BCUT2D eigenvalue weighted by atomic mass is 10.1. The SMILES string of the molecule is CC(Nc1cccc(C(=O)NCCO)c1)c1ccc(N(C)C)cc1. The van der Waals surface area contributed by atoms with Gasteiger partial charge in [0.05, 0.1) is 6.61 Å². The van der Waals surface area contributed by atoms with E-state index < -0.39 is 0 Å². The van der Waals surface area contributed by atoms with Gasteiger partial charge in [0, 0.05) is 43.6 Å². The van der Waals surface area contributed by atoms with Crippen LogP contribution in [0.5, 0.6) is 0 Å². The van der Waals surface area contributed by atoms with Gasteiger partial charge in [-0.25, -0.2) is 0 Å². The maximum atomic E-state index is 12.0. The third kappa shape index (κ3) is 4.73. The number of carbonyl (C=O) groups excluding carboxylic acids is 1. The molecule has 0 spiro atoms. The number of hydrogen-bond acceptors (Lipinski definition) is 4. The van der Waals surface area contributed by atoms with E-state index in [0.717, 1.165) is 11.4 Å². The molecule has 0 saturated heterocycles. The molecule has 0 aliphatic carbocycles. The van der Waals surface area contributed by atoms with Crippen molar-refractivity contribution in [1.29, 1.82) is 0 Å². The van der Waals surface area contributed by atoms with E-state index in [1.807, 2.05) is 32.3 Å². The van der Waals surface area contributed by atoms with Crippen molar-refractivity contribution >= 4 is 17.3 Å². The molecule has 1 amide bonds. The lowest BCUT2D eigenvalue weighted by molar-refractivity contribution is 0.0945. The predicted molar refractivity (Wildman–Crippen MR) is 98.7 cm³/mol. The van der Waals surface area contributed by atoms with Gasteiger partial charge >= 0.3 is 0 Å². The molecule has 5 nitrogen and oxygen atoms in total. The largest absolute Gasteiger partial charge is 0.395 e. The average molecular weight is 327 g/mol. The van der Waals surface area contributed by atoms with Crippen LogP contribution in [0.15, 0.2) is 48.5 Å². The molecule has 1 unspecified atom stereocenters. The second-order valence-corrected chi connectivity index (χ2v) is 5.91. The van der Waals surface area contributed by atoms with Crippen molar-refractivity contribution in [2.75, 3.05) is 37.5 Å². The smallest absolute Gasteiger partial charge is 0.251 e. The Morgan fingerprint density at radius 2 is 1.88 bits per heavy atom. The van der Waals surface area contributed by atoms with Crippen LogP contribution in [0.1, 0.15) is 28.9 Å². The van der Waals surface area contributed by atoms with E-state index in [9.17, 15) is 4.79 Å². The second-order valence-electron chi connectivity index (χ2n) is 5.91. The van der Waals surface area contributed by atoms with Gasteiger partial charge in [-0.05, 0) is 42.8 Å². The first-order chi connectivity index (χ1) is 11.5. The van der Waals surface area contributed by atoms with E-state index >= 15 is 0 Å². The monoisotopic (exact) mass is 327 g/mol. The summed E-state index contributed by atoms with van der Waals surface area (Å²) in [4.78, 5) is 14.0. The normalized spacial score (nSPS) is 11.7. The van der Waals surface area contributed by atoms with Crippen LogP contribution in [-0.4, -0.2) is 38.3 Å². The van der Waals surface area contributed by atoms with Crippen LogP contribution in [0.2, 0.25) is 0 Å². The minimum atomic E-state index is -0.185. The highest BCUT2D eigenvalue weighted by molar-refractivity contribution is 5.95. The summed E-state index contributed by atoms with van der Waals surface area (Å²) in [5, 5.41) is 14.9. The summed E-state index contributed by atoms with van der Waals surface area (Å²) < 4.78 is 0. The zero-order valence-electron chi connectivity index (χ0n) is 14.4. The van der Waals surface area contributed by atoms with Gasteiger partial charge in [-0.15, -0.1) is 0 Å². The number of amides is 1. The van der Waals surface area contributed by atoms with Gasteiger partial charge in [-0.3, -0.25) is 4.79 Å². The van der Waals surface area contributed by atoms with Crippen molar-refractivity contribution in [1.82, 2.24) is 5.32 Å². The molecule has 0 aliphatic rings. The summed E-state index contributed by atoms with van der Waals surface area (Å²) in [6, 6.07) is 15.9. The molecule has 2 aromatic carbocycles. The van der Waals surface area contributed by atoms with Gasteiger partial charge in [-0.1, -0.05) is 18.2 Å². The lowest BCUT2D eigenvalue weighted by Crippen LogP contribution is -2.26. The van der Waals surface area contributed by atoms with E-state index in [1.54, 1.807) is 6.07 Å². The van der Waals surface area contributed by atoms with Crippen molar-refractivity contribution in [2.45, 2.75) is 13.0 Å². The third-order valence-electron chi connectivity index (χ3n) is 3.81. The molecular weight excluding hydrogens is 302 g/mol. The average Bonchev–Trinajstić information content (AvgIpc) is 2.60. The highest BCUT2D eigenvalue weighted by Gasteiger charge is 2.09. The molecule has 0 radical (unpaired) electrons. The maximum absolute atomic E-state index is 12.0. The van der Waals surface area contributed by atoms with Crippen LogP contribution in [0.4, 0.5) is 11.4 Å². The molecule has 5 heteroatoms. The fraction of sp³-hybridized carbons (Fsp3) is 0.316. The minimum absolute atomic E-state index is 0.0658. The number of nitrogens with one attached hydrogen (secondary N) is 2. The summed E-state index contributed by atoms with van der Waals surface area (Å²) in [5.74, 6) is -0.185. The number of aliphatic hydroxyl groups excluding tert-OH is 1. The van der Waals surface area contributed by atoms with Crippen molar-refractivity contribution < 1.29 is 9.90 Å². The molecular formula is C19H25N3O2. The van der Waals surface area contributed by atoms with Gasteiger partial charge in [0.25, 0.3) is 5.91 Å². The Balaban J connectivity index is 2.05. The highest BCUT2D eigenvalue weighted by Crippen LogP contribution is 2.22. The van der Waals surface area contributed by atoms with Crippen molar-refractivity contribution in [3.05, 3.63) is 59.7 Å². The molecule has 1 atom stereocenters. The molecule has 0 bridgehead atoms. The number of aliphatic hydroxyl groups is 1. The molecule has 0 saturated carbocycles. The highest BCUT2D eigenvalue weighted by atomic mass is 16.3. The minimum Gasteiger partial charge on any atom is -0.395 e. The molecule has 2 aromatic rings. The van der Waals surface area contributed by atoms with Gasteiger partial charge in [-0.2, -0.15) is 0 Å². The Bertz CT molecular complexity index is 669. The fourth-order valence-electron chi connectivity index (χ4n) is 2.42. The van der Waals surface area contributed by atoms with E-state index in [-0.39, 0.29) is 25.1 Å². The summed E-state index contributed by atoms with van der Waals surface area (Å²) in [6.07, 6.45) is 0. The quantitative estimate of drug-likeness (QED) is 0.731. The van der Waals surface area contributed by atoms with Gasteiger partial charge in [0.1, 0.15) is 0 Å². The zero-order valence-corrected chi connectivity index (χ0v) is 14.4. The molecule has 3 N–H and O–H groups in total. The summed E-state index contributed by atoms with van der Waals surface area (Å²) in [6.45, 7) is 2.28. The molecule has 0 aromatic heterocycles. The van der Waals surface area contributed by atoms with Crippen LogP contribution in [-0.2, 0) is 0 Å². The first-order valence-corrected chi connectivity index (χ1v) is 8.04. The summed E-state index contributed by atoms with van der Waals surface area (Å²) in [7, 11) is 4.04. The van der Waals surface area contributed by atoms with Crippen molar-refractivity contribution in [3.8, 4) is 0 Å². The Morgan fingerprint density at radius 3 is 2.50 bits per heavy atom. The van der Waals surface area contributed by atoms with Gasteiger partial charge < -0.3 is 20.6 Å². The number of nitrogens with zero attached hydrogens (tertiary/aromatic N) is 1. The topological polar surface area (TPSA) is 64.6 Å². The van der Waals surface area contributed by atoms with E-state index in [2.05, 4.69) is 46.7 Å². The standard InChI is InChI=1S/C19H25N3O2/c1-14(15-7-9-18(10-8-15)22(2)3)21-17-6-4-5-16(13-17)19(24)20-11-12-23/h4-10,13-14,21,23H,11-12H2,1-3H3,(H,20,24). The number of benzene rings is 2. The van der Waals surface area contributed by atoms with E-state index in [4.69, 9.17) is 5.11 Å². The number of carbonyl (C=O) groups is 1. The third-order valence-corrected chi connectivity index (χ3v) is 3.81. The Kier molecular flexibility index (Phi) is 6.21. The lowest BCUT2D eigenvalue weighted by Gasteiger charge is -2.18. The molecule has 128 valence electrons. The molecule has 0 heterocycles. The Labute approximate surface area is 143 Å². The van der Waals surface area contributed by atoms with Gasteiger partial charge in [0.15, 0.2) is 0 Å². The van der Waals surface area contributed by atoms with Crippen LogP contribution < -0.4 is 15.5 Å². The number of rotatable bonds is 7. The van der Waals surface area contributed by atoms with Gasteiger partial charge in [0.2, 0.25) is 0 Å². The Morgan fingerprint density at radius 1 is 1.17 bits per heavy atom. The van der Waals surface area contributed by atoms with Crippen LogP contribution in [0.25, 0.3) is 0 Å². The molecule has 2 rings (SSSR count). The van der Waals surface area contributed by atoms with E-state index in [1.165, 1.54) is 5.56 Å². The number of hydrogen-bond donors (Lipinski definition) is 3. The van der Waals surface area contributed by atoms with Crippen molar-refractivity contribution in [3.63, 3.8) is 0 Å². The summed E-state index contributed by atoms with van der Waals surface area (Å²) in [5.41, 5.74) is 3.80.